The van der Waals surface area contributed by atoms with Crippen LogP contribution in [-0.4, -0.2) is 69.7 Å². The van der Waals surface area contributed by atoms with Crippen LogP contribution in [0.4, 0.5) is 26.4 Å². The fourth-order valence-corrected chi connectivity index (χ4v) is 8.37. The van der Waals surface area contributed by atoms with Gasteiger partial charge in [0.25, 0.3) is 0 Å². The molecule has 294 valence electrons. The number of anilines is 3. The quantitative estimate of drug-likeness (QED) is 0.133. The van der Waals surface area contributed by atoms with Crippen molar-refractivity contribution >= 4 is 39.4 Å². The van der Waals surface area contributed by atoms with Gasteiger partial charge in [-0.2, -0.15) is 0 Å². The summed E-state index contributed by atoms with van der Waals surface area (Å²) in [7, 11) is 0. The lowest BCUT2D eigenvalue weighted by Gasteiger charge is -2.36. The van der Waals surface area contributed by atoms with E-state index in [9.17, 15) is 4.39 Å². The molecule has 0 saturated carbocycles. The van der Waals surface area contributed by atoms with E-state index in [-0.39, 0.29) is 23.7 Å². The fraction of sp³-hybridized carbons (Fsp3) is 0.277. The van der Waals surface area contributed by atoms with E-state index in [1.54, 1.807) is 24.3 Å². The van der Waals surface area contributed by atoms with Crippen molar-refractivity contribution in [3.8, 4) is 28.3 Å². The van der Waals surface area contributed by atoms with Crippen LogP contribution in [0.2, 0.25) is 0 Å². The van der Waals surface area contributed by atoms with Gasteiger partial charge in [-0.15, -0.1) is 0 Å². The standard InChI is InChI=1S/C47H46F2N8O/c1-2-58-43-29-31(30-56-27-23-32(24-28-56)51-46-52-40-17-9-5-13-36(40)44(54-46)34-11-3-7-15-38(34)48)19-20-42(43)57(33-21-25-50-26-22-33)47-53-41-18-10-6-14-37(41)45(55-47)35-12-4-8-16-39(35)49/h3-20,29,32-33,50H,2,21-28,30H2,1H3,(H,51,52,54). The Bertz CT molecular complexity index is 2550. The first kappa shape index (κ1) is 37.5. The van der Waals surface area contributed by atoms with Crippen molar-refractivity contribution in [3.05, 3.63) is 132 Å². The molecule has 9 nitrogen and oxygen atoms in total. The molecule has 7 aromatic rings. The Labute approximate surface area is 337 Å². The minimum absolute atomic E-state index is 0.113. The van der Waals surface area contributed by atoms with E-state index in [0.29, 0.717) is 41.0 Å². The number of ether oxygens (including phenoxy) is 1. The van der Waals surface area contributed by atoms with Crippen molar-refractivity contribution in [2.45, 2.75) is 51.2 Å². The predicted octanol–water partition coefficient (Wildman–Crippen LogP) is 9.55. The van der Waals surface area contributed by atoms with Crippen LogP contribution in [0.25, 0.3) is 44.3 Å². The second-order valence-electron chi connectivity index (χ2n) is 15.0. The third kappa shape index (κ3) is 7.79. The Hall–Kier alpha value is -6.04. The van der Waals surface area contributed by atoms with Gasteiger partial charge in [0.05, 0.1) is 34.7 Å². The van der Waals surface area contributed by atoms with Crippen molar-refractivity contribution in [2.24, 2.45) is 0 Å². The zero-order valence-corrected chi connectivity index (χ0v) is 32.5. The number of para-hydroxylation sites is 2. The van der Waals surface area contributed by atoms with Crippen LogP contribution in [0.1, 0.15) is 38.2 Å². The molecule has 0 bridgehead atoms. The van der Waals surface area contributed by atoms with Crippen molar-refractivity contribution in [1.29, 1.82) is 0 Å². The van der Waals surface area contributed by atoms with E-state index >= 15 is 4.39 Å². The van der Waals surface area contributed by atoms with Crippen LogP contribution in [0.3, 0.4) is 0 Å². The fourth-order valence-electron chi connectivity index (χ4n) is 8.37. The van der Waals surface area contributed by atoms with Crippen LogP contribution in [-0.2, 0) is 6.54 Å². The Morgan fingerprint density at radius 3 is 1.97 bits per heavy atom. The van der Waals surface area contributed by atoms with Crippen molar-refractivity contribution < 1.29 is 13.5 Å². The SMILES string of the molecule is CCOc1cc(CN2CCC(Nc3nc(-c4ccccc4F)c4ccccc4n3)CC2)ccc1N(c1nc(-c2ccccc2F)c2ccccc2n1)C1CCNCC1. The molecule has 0 aliphatic carbocycles. The second kappa shape index (κ2) is 16.8. The first-order valence-electron chi connectivity index (χ1n) is 20.3. The summed E-state index contributed by atoms with van der Waals surface area (Å²) in [5, 5.41) is 8.70. The molecule has 9 rings (SSSR count). The molecule has 4 heterocycles. The summed E-state index contributed by atoms with van der Waals surface area (Å²) in [5.74, 6) is 1.20. The third-order valence-electron chi connectivity index (χ3n) is 11.3. The number of nitrogens with one attached hydrogen (secondary N) is 2. The lowest BCUT2D eigenvalue weighted by Crippen LogP contribution is -2.41. The van der Waals surface area contributed by atoms with Crippen LogP contribution >= 0.6 is 0 Å². The smallest absolute Gasteiger partial charge is 0.231 e. The number of hydrogen-bond acceptors (Lipinski definition) is 9. The molecule has 2 aliphatic rings. The van der Waals surface area contributed by atoms with Gasteiger partial charge >= 0.3 is 0 Å². The van der Waals surface area contributed by atoms with Gasteiger partial charge in [-0.05, 0) is 99.8 Å². The molecule has 0 spiro atoms. The largest absolute Gasteiger partial charge is 0.492 e. The maximum atomic E-state index is 15.3. The summed E-state index contributed by atoms with van der Waals surface area (Å²) in [4.78, 5) is 24.6. The van der Waals surface area contributed by atoms with E-state index in [1.165, 1.54) is 12.1 Å². The summed E-state index contributed by atoms with van der Waals surface area (Å²) in [5.41, 5.74) is 5.67. The zero-order chi connectivity index (χ0) is 39.4. The highest BCUT2D eigenvalue weighted by Crippen LogP contribution is 2.40. The molecule has 11 heteroatoms. The Balaban J connectivity index is 0.962. The highest BCUT2D eigenvalue weighted by molar-refractivity contribution is 5.94. The zero-order valence-electron chi connectivity index (χ0n) is 32.5. The van der Waals surface area contributed by atoms with E-state index in [0.717, 1.165) is 97.2 Å². The molecular formula is C47H46F2N8O. The van der Waals surface area contributed by atoms with Gasteiger partial charge in [-0.25, -0.2) is 28.7 Å². The van der Waals surface area contributed by atoms with Crippen molar-refractivity contribution in [2.75, 3.05) is 43.0 Å². The number of rotatable bonds is 11. The van der Waals surface area contributed by atoms with Crippen LogP contribution < -0.4 is 20.3 Å². The second-order valence-corrected chi connectivity index (χ2v) is 15.0. The number of halogens is 2. The highest BCUT2D eigenvalue weighted by atomic mass is 19.1. The highest BCUT2D eigenvalue weighted by Gasteiger charge is 2.30. The molecule has 2 saturated heterocycles. The maximum Gasteiger partial charge on any atom is 0.231 e. The number of nitrogens with zero attached hydrogens (tertiary/aromatic N) is 6. The molecule has 0 amide bonds. The number of hydrogen-bond donors (Lipinski definition) is 2. The average molecular weight is 777 g/mol. The minimum atomic E-state index is -0.319. The van der Waals surface area contributed by atoms with Gasteiger partial charge in [0.15, 0.2) is 0 Å². The minimum Gasteiger partial charge on any atom is -0.492 e. The van der Waals surface area contributed by atoms with E-state index in [2.05, 4.69) is 38.6 Å². The van der Waals surface area contributed by atoms with Crippen molar-refractivity contribution in [3.63, 3.8) is 0 Å². The van der Waals surface area contributed by atoms with E-state index in [4.69, 9.17) is 24.7 Å². The van der Waals surface area contributed by atoms with Gasteiger partial charge in [-0.1, -0.05) is 66.7 Å². The number of aromatic nitrogens is 4. The Morgan fingerprint density at radius 1 is 0.707 bits per heavy atom. The summed E-state index contributed by atoms with van der Waals surface area (Å²) < 4.78 is 36.7. The van der Waals surface area contributed by atoms with E-state index in [1.807, 2.05) is 67.6 Å². The molecule has 0 unspecified atom stereocenters. The van der Waals surface area contributed by atoms with Gasteiger partial charge in [0, 0.05) is 53.6 Å². The van der Waals surface area contributed by atoms with Gasteiger partial charge in [0.2, 0.25) is 11.9 Å². The predicted molar refractivity (Wildman–Crippen MR) is 227 cm³/mol. The average Bonchev–Trinajstić information content (AvgIpc) is 3.25. The van der Waals surface area contributed by atoms with Crippen LogP contribution in [0.15, 0.2) is 115 Å². The van der Waals surface area contributed by atoms with E-state index < -0.39 is 0 Å². The molecule has 2 fully saturated rings. The number of likely N-dealkylation sites (tertiary alicyclic amines) is 1. The van der Waals surface area contributed by atoms with Gasteiger partial charge in [-0.3, -0.25) is 4.90 Å². The van der Waals surface area contributed by atoms with Crippen LogP contribution in [0, 0.1) is 11.6 Å². The summed E-state index contributed by atoms with van der Waals surface area (Å²) >= 11 is 0. The topological polar surface area (TPSA) is 91.3 Å². The Morgan fingerprint density at radius 2 is 1.31 bits per heavy atom. The van der Waals surface area contributed by atoms with Crippen LogP contribution in [0.5, 0.6) is 5.75 Å². The number of fused-ring (bicyclic) bond motifs is 2. The lowest BCUT2D eigenvalue weighted by molar-refractivity contribution is 0.210. The molecule has 0 atom stereocenters. The molecule has 2 aliphatic heterocycles. The van der Waals surface area contributed by atoms with Gasteiger partial charge < -0.3 is 20.3 Å². The third-order valence-corrected chi connectivity index (χ3v) is 11.3. The summed E-state index contributed by atoms with van der Waals surface area (Å²) in [6.07, 6.45) is 3.62. The number of benzene rings is 5. The molecular weight excluding hydrogens is 731 g/mol. The Kier molecular flexibility index (Phi) is 10.9. The molecule has 5 aromatic carbocycles. The first-order chi connectivity index (χ1) is 28.5. The molecule has 58 heavy (non-hydrogen) atoms. The summed E-state index contributed by atoms with van der Waals surface area (Å²) in [6.45, 7) is 6.81. The van der Waals surface area contributed by atoms with Gasteiger partial charge in [0.1, 0.15) is 17.4 Å². The summed E-state index contributed by atoms with van der Waals surface area (Å²) in [6, 6.07) is 35.9. The normalized spacial score (nSPS) is 15.5. The van der Waals surface area contributed by atoms with Crippen molar-refractivity contribution in [1.82, 2.24) is 30.2 Å². The molecule has 0 radical (unpaired) electrons. The maximum absolute atomic E-state index is 15.3. The lowest BCUT2D eigenvalue weighted by atomic mass is 10.0. The monoisotopic (exact) mass is 776 g/mol. The first-order valence-corrected chi connectivity index (χ1v) is 20.3. The molecule has 2 aromatic heterocycles. The molecule has 2 N–H and O–H groups in total. The number of piperidine rings is 2.